The number of carbonyl (C=O) groups is 1. The molecule has 0 aromatic heterocycles. The Balaban J connectivity index is 2.33. The first kappa shape index (κ1) is 19.2. The summed E-state index contributed by atoms with van der Waals surface area (Å²) in [5, 5.41) is 11.2. The molecule has 2 aromatic rings. The topological polar surface area (TPSA) is 81.9 Å². The maximum Gasteiger partial charge on any atom is 0.415 e. The Morgan fingerprint density at radius 1 is 1.15 bits per heavy atom. The molecule has 0 saturated carbocycles. The summed E-state index contributed by atoms with van der Waals surface area (Å²) in [5.74, 6) is -0.825. The Hall–Kier alpha value is -3.16. The fraction of sp³-hybridized carbons (Fsp3) is 0.278. The van der Waals surface area contributed by atoms with Crippen molar-refractivity contribution in [1.82, 2.24) is 4.90 Å². The zero-order valence-corrected chi connectivity index (χ0v) is 14.9. The molecule has 0 radical (unpaired) electrons. The number of rotatable bonds is 4. The monoisotopic (exact) mass is 362 g/mol. The van der Waals surface area contributed by atoms with Crippen molar-refractivity contribution in [2.45, 2.75) is 26.3 Å². The summed E-state index contributed by atoms with van der Waals surface area (Å²) >= 11 is 0. The SMILES string of the molecule is CN(C(=O)Oc1cc(Oc2ccccc2F)ccc1[N+](=O)[O-])C(C)(C)C. The third-order valence-corrected chi connectivity index (χ3v) is 3.67. The Bertz CT molecular complexity index is 833. The van der Waals surface area contributed by atoms with Crippen molar-refractivity contribution in [2.75, 3.05) is 7.05 Å². The molecule has 0 aliphatic rings. The molecule has 8 heteroatoms. The minimum Gasteiger partial charge on any atom is -0.454 e. The van der Waals surface area contributed by atoms with Gasteiger partial charge in [-0.05, 0) is 39.0 Å². The molecule has 2 rings (SSSR count). The van der Waals surface area contributed by atoms with Crippen molar-refractivity contribution in [3.05, 3.63) is 58.4 Å². The highest BCUT2D eigenvalue weighted by molar-refractivity contribution is 5.73. The summed E-state index contributed by atoms with van der Waals surface area (Å²) in [4.78, 5) is 24.1. The van der Waals surface area contributed by atoms with Crippen molar-refractivity contribution in [3.8, 4) is 17.2 Å². The van der Waals surface area contributed by atoms with E-state index in [9.17, 15) is 19.3 Å². The van der Waals surface area contributed by atoms with Crippen LogP contribution in [-0.4, -0.2) is 28.5 Å². The van der Waals surface area contributed by atoms with Crippen LogP contribution >= 0.6 is 0 Å². The van der Waals surface area contributed by atoms with E-state index >= 15 is 0 Å². The lowest BCUT2D eigenvalue weighted by Gasteiger charge is -2.30. The van der Waals surface area contributed by atoms with E-state index in [0.717, 1.165) is 6.07 Å². The molecule has 1 amide bonds. The summed E-state index contributed by atoms with van der Waals surface area (Å²) in [6.07, 6.45) is -0.761. The van der Waals surface area contributed by atoms with Gasteiger partial charge in [0.25, 0.3) is 0 Å². The number of nitro groups is 1. The van der Waals surface area contributed by atoms with E-state index in [1.807, 2.05) is 0 Å². The van der Waals surface area contributed by atoms with Gasteiger partial charge in [-0.3, -0.25) is 10.1 Å². The van der Waals surface area contributed by atoms with Crippen LogP contribution in [0.5, 0.6) is 17.2 Å². The van der Waals surface area contributed by atoms with Crippen molar-refractivity contribution >= 4 is 11.8 Å². The Morgan fingerprint density at radius 3 is 2.38 bits per heavy atom. The van der Waals surface area contributed by atoms with Crippen LogP contribution in [-0.2, 0) is 0 Å². The van der Waals surface area contributed by atoms with Gasteiger partial charge in [-0.1, -0.05) is 12.1 Å². The van der Waals surface area contributed by atoms with Crippen LogP contribution in [0.15, 0.2) is 42.5 Å². The van der Waals surface area contributed by atoms with E-state index < -0.39 is 28.1 Å². The van der Waals surface area contributed by atoms with Gasteiger partial charge in [-0.2, -0.15) is 0 Å². The maximum atomic E-state index is 13.7. The third kappa shape index (κ3) is 4.47. The minimum atomic E-state index is -0.761. The van der Waals surface area contributed by atoms with Crippen molar-refractivity contribution in [3.63, 3.8) is 0 Å². The Kier molecular flexibility index (Phi) is 5.44. The van der Waals surface area contributed by atoms with Crippen LogP contribution in [0.3, 0.4) is 0 Å². The highest BCUT2D eigenvalue weighted by Crippen LogP contribution is 2.34. The predicted molar refractivity (Wildman–Crippen MR) is 93.1 cm³/mol. The molecule has 0 spiro atoms. The average molecular weight is 362 g/mol. The molecule has 0 aliphatic heterocycles. The van der Waals surface area contributed by atoms with Gasteiger partial charge in [0.2, 0.25) is 5.75 Å². The molecule has 0 bridgehead atoms. The second-order valence-electron chi connectivity index (χ2n) is 6.52. The van der Waals surface area contributed by atoms with Gasteiger partial charge in [0.05, 0.1) is 4.92 Å². The van der Waals surface area contributed by atoms with Gasteiger partial charge in [-0.25, -0.2) is 9.18 Å². The van der Waals surface area contributed by atoms with E-state index in [-0.39, 0.29) is 17.2 Å². The van der Waals surface area contributed by atoms with Crippen LogP contribution in [0, 0.1) is 15.9 Å². The lowest BCUT2D eigenvalue weighted by atomic mass is 10.1. The lowest BCUT2D eigenvalue weighted by molar-refractivity contribution is -0.385. The van der Waals surface area contributed by atoms with Crippen LogP contribution in [0.1, 0.15) is 20.8 Å². The van der Waals surface area contributed by atoms with E-state index in [1.54, 1.807) is 26.8 Å². The smallest absolute Gasteiger partial charge is 0.415 e. The first-order chi connectivity index (χ1) is 12.1. The van der Waals surface area contributed by atoms with E-state index in [0.29, 0.717) is 0 Å². The van der Waals surface area contributed by atoms with Crippen molar-refractivity contribution in [1.29, 1.82) is 0 Å². The number of hydrogen-bond acceptors (Lipinski definition) is 5. The summed E-state index contributed by atoms with van der Waals surface area (Å²) in [7, 11) is 1.52. The Labute approximate surface area is 150 Å². The zero-order valence-electron chi connectivity index (χ0n) is 14.9. The molecule has 7 nitrogen and oxygen atoms in total. The fourth-order valence-electron chi connectivity index (χ4n) is 1.88. The van der Waals surface area contributed by atoms with Crippen molar-refractivity contribution < 1.29 is 23.6 Å². The van der Waals surface area contributed by atoms with Gasteiger partial charge >= 0.3 is 11.8 Å². The largest absolute Gasteiger partial charge is 0.454 e. The van der Waals surface area contributed by atoms with Crippen molar-refractivity contribution in [2.24, 2.45) is 0 Å². The summed E-state index contributed by atoms with van der Waals surface area (Å²) < 4.78 is 24.3. The highest BCUT2D eigenvalue weighted by Gasteiger charge is 2.27. The number of amides is 1. The van der Waals surface area contributed by atoms with E-state index in [2.05, 4.69) is 0 Å². The second kappa shape index (κ2) is 7.38. The van der Waals surface area contributed by atoms with Gasteiger partial charge in [0.1, 0.15) is 5.75 Å². The molecule has 0 N–H and O–H groups in total. The van der Waals surface area contributed by atoms with Gasteiger partial charge in [-0.15, -0.1) is 0 Å². The lowest BCUT2D eigenvalue weighted by Crippen LogP contribution is -2.44. The second-order valence-corrected chi connectivity index (χ2v) is 6.52. The number of nitrogens with zero attached hydrogens (tertiary/aromatic N) is 2. The summed E-state index contributed by atoms with van der Waals surface area (Å²) in [5.41, 5.74) is -0.936. The first-order valence-corrected chi connectivity index (χ1v) is 7.76. The molecular formula is C18H19FN2O5. The van der Waals surface area contributed by atoms with Gasteiger partial charge < -0.3 is 14.4 Å². The zero-order chi connectivity index (χ0) is 19.5. The number of halogens is 1. The average Bonchev–Trinajstić information content (AvgIpc) is 2.55. The third-order valence-electron chi connectivity index (χ3n) is 3.67. The fourth-order valence-corrected chi connectivity index (χ4v) is 1.88. The van der Waals surface area contributed by atoms with Crippen LogP contribution in [0.2, 0.25) is 0 Å². The number of hydrogen-bond donors (Lipinski definition) is 0. The molecule has 0 saturated heterocycles. The normalized spacial score (nSPS) is 11.0. The molecule has 26 heavy (non-hydrogen) atoms. The van der Waals surface area contributed by atoms with E-state index in [1.165, 1.54) is 42.3 Å². The predicted octanol–water partition coefficient (Wildman–Crippen LogP) is 4.76. The first-order valence-electron chi connectivity index (χ1n) is 7.76. The summed E-state index contributed by atoms with van der Waals surface area (Å²) in [6, 6.07) is 9.34. The van der Waals surface area contributed by atoms with Gasteiger partial charge in [0.15, 0.2) is 11.6 Å². The van der Waals surface area contributed by atoms with Crippen LogP contribution in [0.4, 0.5) is 14.9 Å². The molecular weight excluding hydrogens is 343 g/mol. The summed E-state index contributed by atoms with van der Waals surface area (Å²) in [6.45, 7) is 5.38. The number of nitro benzene ring substituents is 1. The standard InChI is InChI=1S/C18H19FN2O5/c1-18(2,3)20(4)17(22)26-16-11-12(9-10-14(16)21(23)24)25-15-8-6-5-7-13(15)19/h5-11H,1-4H3. The molecule has 0 fully saturated rings. The molecule has 138 valence electrons. The minimum absolute atomic E-state index is 0.0505. The van der Waals surface area contributed by atoms with Crippen LogP contribution < -0.4 is 9.47 Å². The number of para-hydroxylation sites is 1. The Morgan fingerprint density at radius 2 is 1.81 bits per heavy atom. The quantitative estimate of drug-likeness (QED) is 0.579. The molecule has 2 aromatic carbocycles. The maximum absolute atomic E-state index is 13.7. The number of benzene rings is 2. The molecule has 0 atom stereocenters. The number of ether oxygens (including phenoxy) is 2. The van der Waals surface area contributed by atoms with Crippen LogP contribution in [0.25, 0.3) is 0 Å². The van der Waals surface area contributed by atoms with E-state index in [4.69, 9.17) is 9.47 Å². The molecule has 0 heterocycles. The molecule has 0 aliphatic carbocycles. The highest BCUT2D eigenvalue weighted by atomic mass is 19.1. The van der Waals surface area contributed by atoms with Gasteiger partial charge in [0, 0.05) is 24.7 Å². The molecule has 0 unspecified atom stereocenters. The number of carbonyl (C=O) groups excluding carboxylic acids is 1.